The van der Waals surface area contributed by atoms with Gasteiger partial charge in [0.1, 0.15) is 11.3 Å². The number of nitrogens with zero attached hydrogens (tertiary/aromatic N) is 2. The maximum absolute atomic E-state index is 12.3. The molecule has 0 aromatic heterocycles. The smallest absolute Gasteiger partial charge is 0.331 e. The molecule has 1 amide bonds. The summed E-state index contributed by atoms with van der Waals surface area (Å²) in [7, 11) is 1.29. The van der Waals surface area contributed by atoms with Gasteiger partial charge < -0.3 is 14.4 Å². The van der Waals surface area contributed by atoms with Crippen LogP contribution in [-0.2, 0) is 14.3 Å². The van der Waals surface area contributed by atoms with E-state index in [2.05, 4.69) is 0 Å². The highest BCUT2D eigenvalue weighted by Gasteiger charge is 2.46. The first-order valence-electron chi connectivity index (χ1n) is 7.14. The summed E-state index contributed by atoms with van der Waals surface area (Å²) in [5.41, 5.74) is -1.02. The minimum atomic E-state index is -0.968. The van der Waals surface area contributed by atoms with E-state index in [0.29, 0.717) is 18.7 Å². The number of rotatable bonds is 5. The second kappa shape index (κ2) is 6.64. The van der Waals surface area contributed by atoms with Crippen molar-refractivity contribution in [1.82, 2.24) is 4.90 Å². The van der Waals surface area contributed by atoms with Gasteiger partial charge >= 0.3 is 5.97 Å². The summed E-state index contributed by atoms with van der Waals surface area (Å²) in [5.74, 6) is -0.421. The molecule has 2 rings (SSSR count). The molecule has 0 aliphatic carbocycles. The summed E-state index contributed by atoms with van der Waals surface area (Å²) in [6.07, 6.45) is 1.26. The molecule has 0 unspecified atom stereocenters. The Morgan fingerprint density at radius 1 is 1.35 bits per heavy atom. The lowest BCUT2D eigenvalue weighted by molar-refractivity contribution is -0.384. The number of methoxy groups -OCH3 is 1. The van der Waals surface area contributed by atoms with Crippen LogP contribution in [0, 0.1) is 10.1 Å². The Kier molecular flexibility index (Phi) is 4.83. The number of ether oxygens (including phenoxy) is 2. The average Bonchev–Trinajstić information content (AvgIpc) is 2.95. The third-order valence-electron chi connectivity index (χ3n) is 3.98. The highest BCUT2D eigenvalue weighted by atomic mass is 16.6. The van der Waals surface area contributed by atoms with Gasteiger partial charge in [0.25, 0.3) is 11.6 Å². The van der Waals surface area contributed by atoms with E-state index in [0.717, 1.165) is 6.42 Å². The number of esters is 1. The van der Waals surface area contributed by atoms with E-state index >= 15 is 0 Å². The van der Waals surface area contributed by atoms with Crippen molar-refractivity contribution in [2.75, 3.05) is 20.3 Å². The van der Waals surface area contributed by atoms with Crippen LogP contribution < -0.4 is 4.74 Å². The molecule has 0 bridgehead atoms. The van der Waals surface area contributed by atoms with Gasteiger partial charge in [-0.05, 0) is 31.9 Å². The van der Waals surface area contributed by atoms with Crippen LogP contribution in [-0.4, -0.2) is 47.5 Å². The van der Waals surface area contributed by atoms with Gasteiger partial charge in [0.2, 0.25) is 0 Å². The van der Waals surface area contributed by atoms with E-state index in [-0.39, 0.29) is 18.2 Å². The van der Waals surface area contributed by atoms with Crippen molar-refractivity contribution in [3.05, 3.63) is 34.4 Å². The van der Waals surface area contributed by atoms with Crippen LogP contribution in [0.15, 0.2) is 24.3 Å². The third kappa shape index (κ3) is 3.41. The van der Waals surface area contributed by atoms with Crippen LogP contribution in [0.5, 0.6) is 5.75 Å². The molecular formula is C15H18N2O6. The fraction of sp³-hybridized carbons (Fsp3) is 0.467. The molecule has 0 spiro atoms. The molecule has 8 nitrogen and oxygen atoms in total. The van der Waals surface area contributed by atoms with Crippen molar-refractivity contribution < 1.29 is 24.0 Å². The molecule has 0 radical (unpaired) electrons. The number of benzene rings is 1. The molecule has 0 N–H and O–H groups in total. The highest BCUT2D eigenvalue weighted by molar-refractivity contribution is 5.89. The van der Waals surface area contributed by atoms with Gasteiger partial charge in [0.05, 0.1) is 12.0 Å². The van der Waals surface area contributed by atoms with Gasteiger partial charge in [-0.25, -0.2) is 4.79 Å². The van der Waals surface area contributed by atoms with E-state index in [1.165, 1.54) is 36.3 Å². The van der Waals surface area contributed by atoms with Crippen LogP contribution in [0.4, 0.5) is 5.69 Å². The zero-order valence-corrected chi connectivity index (χ0v) is 13.0. The topological polar surface area (TPSA) is 99.0 Å². The quantitative estimate of drug-likeness (QED) is 0.463. The average molecular weight is 322 g/mol. The van der Waals surface area contributed by atoms with Crippen molar-refractivity contribution in [2.45, 2.75) is 25.3 Å². The second-order valence-electron chi connectivity index (χ2n) is 5.45. The Hall–Kier alpha value is -2.64. The predicted molar refractivity (Wildman–Crippen MR) is 80.0 cm³/mol. The van der Waals surface area contributed by atoms with Gasteiger partial charge in [0, 0.05) is 18.7 Å². The van der Waals surface area contributed by atoms with Gasteiger partial charge in [-0.2, -0.15) is 0 Å². The van der Waals surface area contributed by atoms with Crippen molar-refractivity contribution in [3.8, 4) is 5.75 Å². The Balaban J connectivity index is 1.99. The molecule has 23 heavy (non-hydrogen) atoms. The highest BCUT2D eigenvalue weighted by Crippen LogP contribution is 2.30. The number of likely N-dealkylation sites (tertiary alicyclic amines) is 1. The Morgan fingerprint density at radius 2 is 2.00 bits per heavy atom. The summed E-state index contributed by atoms with van der Waals surface area (Å²) in [6, 6.07) is 5.45. The molecule has 1 heterocycles. The van der Waals surface area contributed by atoms with Crippen molar-refractivity contribution in [2.24, 2.45) is 0 Å². The number of nitro benzene ring substituents is 1. The monoisotopic (exact) mass is 322 g/mol. The number of nitro groups is 1. The summed E-state index contributed by atoms with van der Waals surface area (Å²) in [4.78, 5) is 35.7. The van der Waals surface area contributed by atoms with Gasteiger partial charge in [-0.3, -0.25) is 14.9 Å². The molecule has 8 heteroatoms. The first kappa shape index (κ1) is 16.7. The van der Waals surface area contributed by atoms with Crippen LogP contribution >= 0.6 is 0 Å². The number of non-ortho nitro benzene ring substituents is 1. The molecule has 1 atom stereocenters. The van der Waals surface area contributed by atoms with Crippen molar-refractivity contribution in [3.63, 3.8) is 0 Å². The first-order valence-corrected chi connectivity index (χ1v) is 7.14. The molecule has 1 aliphatic rings. The van der Waals surface area contributed by atoms with Crippen molar-refractivity contribution in [1.29, 1.82) is 0 Å². The molecule has 1 aromatic rings. The zero-order valence-electron chi connectivity index (χ0n) is 13.0. The maximum atomic E-state index is 12.3. The van der Waals surface area contributed by atoms with Gasteiger partial charge in [-0.15, -0.1) is 0 Å². The van der Waals surface area contributed by atoms with Crippen LogP contribution in [0.2, 0.25) is 0 Å². The van der Waals surface area contributed by atoms with Crippen LogP contribution in [0.3, 0.4) is 0 Å². The summed E-state index contributed by atoms with van der Waals surface area (Å²) < 4.78 is 10.1. The fourth-order valence-electron chi connectivity index (χ4n) is 2.68. The second-order valence-corrected chi connectivity index (χ2v) is 5.45. The van der Waals surface area contributed by atoms with E-state index in [1.54, 1.807) is 6.92 Å². The lowest BCUT2D eigenvalue weighted by Crippen LogP contribution is -2.52. The van der Waals surface area contributed by atoms with Gasteiger partial charge in [-0.1, -0.05) is 0 Å². The molecule has 1 aliphatic heterocycles. The van der Waals surface area contributed by atoms with Crippen molar-refractivity contribution >= 4 is 17.6 Å². The Labute approximate surface area is 133 Å². The summed E-state index contributed by atoms with van der Waals surface area (Å²) in [6.45, 7) is 1.90. The SMILES string of the molecule is COC(=O)[C@]1(C)CCCN1C(=O)COc1ccc([N+](=O)[O-])cc1. The molecular weight excluding hydrogens is 304 g/mol. The molecule has 0 saturated carbocycles. The van der Waals surface area contributed by atoms with Gasteiger partial charge in [0.15, 0.2) is 6.61 Å². The Morgan fingerprint density at radius 3 is 2.57 bits per heavy atom. The Bertz CT molecular complexity index is 615. The van der Waals surface area contributed by atoms with E-state index in [4.69, 9.17) is 9.47 Å². The minimum absolute atomic E-state index is 0.0542. The van der Waals surface area contributed by atoms with Crippen LogP contribution in [0.1, 0.15) is 19.8 Å². The summed E-state index contributed by atoms with van der Waals surface area (Å²) in [5, 5.41) is 10.6. The number of hydrogen-bond acceptors (Lipinski definition) is 6. The largest absolute Gasteiger partial charge is 0.484 e. The molecule has 1 aromatic carbocycles. The van der Waals surface area contributed by atoms with E-state index < -0.39 is 16.4 Å². The summed E-state index contributed by atoms with van der Waals surface area (Å²) >= 11 is 0. The molecule has 124 valence electrons. The zero-order chi connectivity index (χ0) is 17.0. The van der Waals surface area contributed by atoms with Crippen LogP contribution in [0.25, 0.3) is 0 Å². The van der Waals surface area contributed by atoms with E-state index in [1.807, 2.05) is 0 Å². The van der Waals surface area contributed by atoms with E-state index in [9.17, 15) is 19.7 Å². The molecule has 1 fully saturated rings. The maximum Gasteiger partial charge on any atom is 0.331 e. The third-order valence-corrected chi connectivity index (χ3v) is 3.98. The lowest BCUT2D eigenvalue weighted by atomic mass is 9.99. The number of carbonyl (C=O) groups is 2. The standard InChI is InChI=1S/C15H18N2O6/c1-15(14(19)22-2)8-3-9-16(15)13(18)10-23-12-6-4-11(5-7-12)17(20)21/h4-7H,3,8-10H2,1-2H3/t15-/m0/s1. The number of hydrogen-bond donors (Lipinski definition) is 0. The molecule has 1 saturated heterocycles. The predicted octanol–water partition coefficient (Wildman–Crippen LogP) is 1.53. The first-order chi connectivity index (χ1) is 10.9. The fourth-order valence-corrected chi connectivity index (χ4v) is 2.68. The lowest BCUT2D eigenvalue weighted by Gasteiger charge is -2.32. The minimum Gasteiger partial charge on any atom is -0.484 e. The number of amides is 1. The number of carbonyl (C=O) groups excluding carboxylic acids is 2. The normalized spacial score (nSPS) is 20.2.